The number of benzene rings is 2. The van der Waals surface area contributed by atoms with Crippen LogP contribution in [0.2, 0.25) is 0 Å². The second kappa shape index (κ2) is 10.4. The standard InChI is InChI=1S/C25H26FN5O4S/c1-17(2)36(34,35)21-8-6-18(7-9-21)13-23(32)27-10-11-31-24-22(14-29-31)25(33)30(16-28-24)15-19-4-3-5-20(26)12-19/h3-9,12,14,16-17H,10-11,13,15H2,1-2H3,(H,27,32). The predicted molar refractivity (Wildman–Crippen MR) is 133 cm³/mol. The number of aromatic nitrogens is 4. The number of sulfone groups is 1. The smallest absolute Gasteiger partial charge is 0.264 e. The number of rotatable bonds is 9. The molecular weight excluding hydrogens is 485 g/mol. The minimum atomic E-state index is -3.36. The predicted octanol–water partition coefficient (Wildman–Crippen LogP) is 2.32. The lowest BCUT2D eigenvalue weighted by atomic mass is 10.1. The van der Waals surface area contributed by atoms with Crippen LogP contribution in [0.25, 0.3) is 11.0 Å². The van der Waals surface area contributed by atoms with Crippen molar-refractivity contribution in [2.45, 2.75) is 43.5 Å². The number of nitrogens with one attached hydrogen (secondary N) is 1. The first-order valence-electron chi connectivity index (χ1n) is 11.4. The highest BCUT2D eigenvalue weighted by Crippen LogP contribution is 2.16. The van der Waals surface area contributed by atoms with Gasteiger partial charge >= 0.3 is 0 Å². The number of fused-ring (bicyclic) bond motifs is 1. The normalized spacial score (nSPS) is 11.8. The van der Waals surface area contributed by atoms with E-state index in [0.717, 1.165) is 0 Å². The van der Waals surface area contributed by atoms with Gasteiger partial charge in [0.15, 0.2) is 15.5 Å². The number of amides is 1. The van der Waals surface area contributed by atoms with Gasteiger partial charge in [0.1, 0.15) is 17.5 Å². The molecule has 1 N–H and O–H groups in total. The van der Waals surface area contributed by atoms with Crippen molar-refractivity contribution in [1.29, 1.82) is 0 Å². The molecule has 4 rings (SSSR count). The highest BCUT2D eigenvalue weighted by Gasteiger charge is 2.19. The molecule has 11 heteroatoms. The second-order valence-electron chi connectivity index (χ2n) is 8.68. The zero-order valence-electron chi connectivity index (χ0n) is 19.9. The number of hydrogen-bond acceptors (Lipinski definition) is 6. The Morgan fingerprint density at radius 3 is 2.56 bits per heavy atom. The van der Waals surface area contributed by atoms with Crippen molar-refractivity contribution in [3.8, 4) is 0 Å². The molecule has 4 aromatic rings. The summed E-state index contributed by atoms with van der Waals surface area (Å²) in [6.07, 6.45) is 2.93. The van der Waals surface area contributed by atoms with E-state index >= 15 is 0 Å². The van der Waals surface area contributed by atoms with Gasteiger partial charge in [0, 0.05) is 6.54 Å². The summed E-state index contributed by atoms with van der Waals surface area (Å²) in [4.78, 5) is 29.7. The molecule has 0 bridgehead atoms. The molecule has 0 aliphatic carbocycles. The maximum Gasteiger partial charge on any atom is 0.264 e. The first kappa shape index (κ1) is 25.2. The molecule has 2 heterocycles. The van der Waals surface area contributed by atoms with Gasteiger partial charge in [-0.2, -0.15) is 5.10 Å². The lowest BCUT2D eigenvalue weighted by Crippen LogP contribution is -2.29. The van der Waals surface area contributed by atoms with Crippen LogP contribution in [-0.2, 0) is 34.1 Å². The maximum absolute atomic E-state index is 13.4. The largest absolute Gasteiger partial charge is 0.354 e. The van der Waals surface area contributed by atoms with Gasteiger partial charge in [0.05, 0.1) is 35.9 Å². The maximum atomic E-state index is 13.4. The fraction of sp³-hybridized carbons (Fsp3) is 0.280. The van der Waals surface area contributed by atoms with E-state index in [4.69, 9.17) is 0 Å². The molecule has 0 aliphatic rings. The van der Waals surface area contributed by atoms with Gasteiger partial charge in [-0.3, -0.25) is 14.2 Å². The van der Waals surface area contributed by atoms with E-state index in [-0.39, 0.29) is 41.7 Å². The van der Waals surface area contributed by atoms with Gasteiger partial charge in [-0.15, -0.1) is 0 Å². The van der Waals surface area contributed by atoms with Crippen LogP contribution in [0.3, 0.4) is 0 Å². The highest BCUT2D eigenvalue weighted by molar-refractivity contribution is 7.92. The van der Waals surface area contributed by atoms with Crippen LogP contribution in [0.1, 0.15) is 25.0 Å². The topological polar surface area (TPSA) is 116 Å². The van der Waals surface area contributed by atoms with E-state index in [1.165, 1.54) is 46.0 Å². The summed E-state index contributed by atoms with van der Waals surface area (Å²) in [6.45, 7) is 4.01. The molecule has 1 amide bonds. The van der Waals surface area contributed by atoms with Crippen LogP contribution in [0, 0.1) is 5.82 Å². The number of nitrogens with zero attached hydrogens (tertiary/aromatic N) is 4. The lowest BCUT2D eigenvalue weighted by molar-refractivity contribution is -0.120. The van der Waals surface area contributed by atoms with Crippen molar-refractivity contribution in [3.63, 3.8) is 0 Å². The molecule has 2 aromatic heterocycles. The van der Waals surface area contributed by atoms with E-state index in [2.05, 4.69) is 15.4 Å². The minimum absolute atomic E-state index is 0.102. The molecule has 0 saturated carbocycles. The Balaban J connectivity index is 1.35. The van der Waals surface area contributed by atoms with Crippen LogP contribution < -0.4 is 10.9 Å². The Bertz CT molecular complexity index is 1560. The van der Waals surface area contributed by atoms with Crippen LogP contribution in [0.4, 0.5) is 4.39 Å². The Morgan fingerprint density at radius 1 is 1.11 bits per heavy atom. The average Bonchev–Trinajstić information content (AvgIpc) is 3.25. The lowest BCUT2D eigenvalue weighted by Gasteiger charge is -2.09. The quantitative estimate of drug-likeness (QED) is 0.369. The van der Waals surface area contributed by atoms with E-state index in [1.54, 1.807) is 38.1 Å². The van der Waals surface area contributed by atoms with Gasteiger partial charge in [0.25, 0.3) is 5.56 Å². The molecule has 0 unspecified atom stereocenters. The Morgan fingerprint density at radius 2 is 1.86 bits per heavy atom. The van der Waals surface area contributed by atoms with Crippen molar-refractivity contribution in [2.24, 2.45) is 0 Å². The number of halogens is 1. The van der Waals surface area contributed by atoms with Crippen molar-refractivity contribution in [1.82, 2.24) is 24.6 Å². The summed E-state index contributed by atoms with van der Waals surface area (Å²) < 4.78 is 40.8. The summed E-state index contributed by atoms with van der Waals surface area (Å²) in [6, 6.07) is 12.3. The average molecular weight is 512 g/mol. The van der Waals surface area contributed by atoms with Crippen LogP contribution >= 0.6 is 0 Å². The fourth-order valence-corrected chi connectivity index (χ4v) is 4.78. The molecule has 9 nitrogen and oxygen atoms in total. The first-order chi connectivity index (χ1) is 17.1. The monoisotopic (exact) mass is 511 g/mol. The van der Waals surface area contributed by atoms with Crippen molar-refractivity contribution in [2.75, 3.05) is 6.54 Å². The van der Waals surface area contributed by atoms with E-state index in [1.807, 2.05) is 0 Å². The minimum Gasteiger partial charge on any atom is -0.354 e. The zero-order valence-corrected chi connectivity index (χ0v) is 20.7. The molecule has 0 radical (unpaired) electrons. The van der Waals surface area contributed by atoms with Gasteiger partial charge in [-0.05, 0) is 49.2 Å². The summed E-state index contributed by atoms with van der Waals surface area (Å²) in [5, 5.41) is 6.83. The van der Waals surface area contributed by atoms with Gasteiger partial charge in [0.2, 0.25) is 5.91 Å². The van der Waals surface area contributed by atoms with Crippen LogP contribution in [0.15, 0.2) is 70.7 Å². The van der Waals surface area contributed by atoms with Gasteiger partial charge in [-0.1, -0.05) is 24.3 Å². The molecule has 2 aromatic carbocycles. The second-order valence-corrected chi connectivity index (χ2v) is 11.2. The molecule has 188 valence electrons. The molecular formula is C25H26FN5O4S. The van der Waals surface area contributed by atoms with E-state index < -0.39 is 15.1 Å². The van der Waals surface area contributed by atoms with Crippen LogP contribution in [-0.4, -0.2) is 45.5 Å². The SMILES string of the molecule is CC(C)S(=O)(=O)c1ccc(CC(=O)NCCn2ncc3c(=O)n(Cc4cccc(F)c4)cnc32)cc1. The highest BCUT2D eigenvalue weighted by atomic mass is 32.2. The molecule has 36 heavy (non-hydrogen) atoms. The third-order valence-corrected chi connectivity index (χ3v) is 7.92. The Hall–Kier alpha value is -3.86. The van der Waals surface area contributed by atoms with Gasteiger partial charge < -0.3 is 5.32 Å². The number of carbonyl (C=O) groups excluding carboxylic acids is 1. The molecule has 0 spiro atoms. The Labute approximate surface area is 207 Å². The Kier molecular flexibility index (Phi) is 7.30. The third kappa shape index (κ3) is 5.51. The van der Waals surface area contributed by atoms with Gasteiger partial charge in [-0.25, -0.2) is 22.5 Å². The third-order valence-electron chi connectivity index (χ3n) is 5.75. The number of hydrogen-bond donors (Lipinski definition) is 1. The molecule has 0 atom stereocenters. The van der Waals surface area contributed by atoms with E-state index in [9.17, 15) is 22.4 Å². The van der Waals surface area contributed by atoms with Crippen molar-refractivity contribution in [3.05, 3.63) is 88.4 Å². The zero-order chi connectivity index (χ0) is 25.9. The summed E-state index contributed by atoms with van der Waals surface area (Å²) in [5.41, 5.74) is 1.44. The van der Waals surface area contributed by atoms with Crippen molar-refractivity contribution < 1.29 is 17.6 Å². The summed E-state index contributed by atoms with van der Waals surface area (Å²) >= 11 is 0. The summed E-state index contributed by atoms with van der Waals surface area (Å²) in [5.74, 6) is -0.600. The summed E-state index contributed by atoms with van der Waals surface area (Å²) in [7, 11) is -3.36. The molecule has 0 fully saturated rings. The molecule has 0 saturated heterocycles. The fourth-order valence-electron chi connectivity index (χ4n) is 3.72. The first-order valence-corrected chi connectivity index (χ1v) is 12.9. The number of carbonyl (C=O) groups is 1. The van der Waals surface area contributed by atoms with E-state index in [0.29, 0.717) is 28.7 Å². The molecule has 0 aliphatic heterocycles. The van der Waals surface area contributed by atoms with Crippen molar-refractivity contribution >= 4 is 26.8 Å². The van der Waals surface area contributed by atoms with Crippen LogP contribution in [0.5, 0.6) is 0 Å².